The molecule has 2 aliphatic rings. The van der Waals surface area contributed by atoms with Gasteiger partial charge in [-0.3, -0.25) is 19.9 Å². The highest BCUT2D eigenvalue weighted by atomic mass is 35.5. The van der Waals surface area contributed by atoms with Crippen LogP contribution in [0.5, 0.6) is 0 Å². The van der Waals surface area contributed by atoms with E-state index in [-0.39, 0.29) is 51.2 Å². The number of aromatic nitrogens is 3. The molecule has 2 amide bonds. The molecule has 2 aromatic heterocycles. The van der Waals surface area contributed by atoms with E-state index in [9.17, 15) is 14.0 Å². The SMILES string of the molecule is CC[C@H]1CN(c2nc(N)c(C(=O)NN)nc2Cl)CCN1C1CCN(C(=O)c2cc(F)c(N)nc2Cl)CC1. The first-order chi connectivity index (χ1) is 17.6. The molecular weight excluding hydrogens is 526 g/mol. The molecule has 15 heteroatoms. The standard InChI is InChI=1S/C22H29Cl2FN10O2/c1-2-11-10-34(20-17(24)29-15(19(27)31-20)21(36)32-28)7-8-35(11)12-3-5-33(6-4-12)22(37)13-9-14(25)18(26)30-16(13)23/h9,11-12H,2-8,10,28H2,1H3,(H2,26,30)(H2,27,31)(H,32,36)/t11-/m0/s1. The zero-order valence-electron chi connectivity index (χ0n) is 20.3. The van der Waals surface area contributed by atoms with Gasteiger partial charge in [0.05, 0.1) is 5.56 Å². The summed E-state index contributed by atoms with van der Waals surface area (Å²) in [4.78, 5) is 43.0. The van der Waals surface area contributed by atoms with Crippen molar-refractivity contribution in [2.75, 3.05) is 49.1 Å². The van der Waals surface area contributed by atoms with Gasteiger partial charge in [-0.15, -0.1) is 0 Å². The average Bonchev–Trinajstić information content (AvgIpc) is 2.90. The van der Waals surface area contributed by atoms with Crippen molar-refractivity contribution in [2.24, 2.45) is 5.84 Å². The van der Waals surface area contributed by atoms with Gasteiger partial charge in [0.1, 0.15) is 5.15 Å². The van der Waals surface area contributed by atoms with Gasteiger partial charge in [0.15, 0.2) is 34.1 Å². The maximum absolute atomic E-state index is 13.9. The van der Waals surface area contributed by atoms with Gasteiger partial charge in [-0.25, -0.2) is 25.2 Å². The number of carbonyl (C=O) groups is 2. The quantitative estimate of drug-likeness (QED) is 0.182. The van der Waals surface area contributed by atoms with Crippen molar-refractivity contribution in [3.05, 3.63) is 33.4 Å². The Morgan fingerprint density at radius 1 is 1.08 bits per heavy atom. The van der Waals surface area contributed by atoms with Crippen LogP contribution in [0.15, 0.2) is 6.07 Å². The Kier molecular flexibility index (Phi) is 8.17. The molecule has 4 heterocycles. The molecule has 2 aromatic rings. The number of amides is 2. The molecule has 7 N–H and O–H groups in total. The van der Waals surface area contributed by atoms with Gasteiger partial charge < -0.3 is 21.3 Å². The van der Waals surface area contributed by atoms with Gasteiger partial charge in [-0.05, 0) is 25.3 Å². The Labute approximate surface area is 223 Å². The van der Waals surface area contributed by atoms with Crippen molar-refractivity contribution in [1.29, 1.82) is 0 Å². The van der Waals surface area contributed by atoms with E-state index in [4.69, 9.17) is 40.5 Å². The summed E-state index contributed by atoms with van der Waals surface area (Å²) in [6.07, 6.45) is 2.41. The molecule has 0 spiro atoms. The maximum Gasteiger partial charge on any atom is 0.287 e. The number of carbonyl (C=O) groups excluding carboxylic acids is 2. The van der Waals surface area contributed by atoms with Crippen molar-refractivity contribution in [1.82, 2.24) is 30.2 Å². The molecule has 0 aliphatic carbocycles. The van der Waals surface area contributed by atoms with Gasteiger partial charge >= 0.3 is 0 Å². The molecule has 0 radical (unpaired) electrons. The van der Waals surface area contributed by atoms with E-state index in [2.05, 4.69) is 26.8 Å². The molecule has 12 nitrogen and oxygen atoms in total. The predicted octanol–water partition coefficient (Wildman–Crippen LogP) is 1.29. The molecule has 4 rings (SSSR count). The Morgan fingerprint density at radius 3 is 2.43 bits per heavy atom. The van der Waals surface area contributed by atoms with Gasteiger partial charge in [-0.1, -0.05) is 30.1 Å². The lowest BCUT2D eigenvalue weighted by Crippen LogP contribution is -2.58. The Morgan fingerprint density at radius 2 is 1.78 bits per heavy atom. The minimum absolute atomic E-state index is 0.0130. The molecule has 200 valence electrons. The number of hydrogen-bond donors (Lipinski definition) is 4. The molecule has 2 fully saturated rings. The van der Waals surface area contributed by atoms with E-state index >= 15 is 0 Å². The number of hydrogen-bond acceptors (Lipinski definition) is 10. The van der Waals surface area contributed by atoms with Gasteiger partial charge in [-0.2, -0.15) is 0 Å². The number of likely N-dealkylation sites (tertiary alicyclic amines) is 1. The van der Waals surface area contributed by atoms with Crippen LogP contribution < -0.4 is 27.6 Å². The highest BCUT2D eigenvalue weighted by molar-refractivity contribution is 6.33. The van der Waals surface area contributed by atoms with E-state index in [1.54, 1.807) is 4.90 Å². The summed E-state index contributed by atoms with van der Waals surface area (Å²) >= 11 is 12.4. The van der Waals surface area contributed by atoms with Crippen molar-refractivity contribution >= 4 is 52.5 Å². The van der Waals surface area contributed by atoms with Gasteiger partial charge in [0.25, 0.3) is 11.8 Å². The van der Waals surface area contributed by atoms with Crippen LogP contribution in [0.4, 0.5) is 21.8 Å². The van der Waals surface area contributed by atoms with Crippen LogP contribution in [0.1, 0.15) is 47.0 Å². The number of hydrazine groups is 1. The Bertz CT molecular complexity index is 1190. The Balaban J connectivity index is 1.40. The fraction of sp³-hybridized carbons (Fsp3) is 0.500. The number of rotatable bonds is 5. The first kappa shape index (κ1) is 27.0. The van der Waals surface area contributed by atoms with E-state index in [1.165, 1.54) is 0 Å². The van der Waals surface area contributed by atoms with Crippen molar-refractivity contribution < 1.29 is 14.0 Å². The minimum Gasteiger partial charge on any atom is -0.382 e. The average molecular weight is 555 g/mol. The summed E-state index contributed by atoms with van der Waals surface area (Å²) < 4.78 is 13.9. The molecule has 37 heavy (non-hydrogen) atoms. The summed E-state index contributed by atoms with van der Waals surface area (Å²) in [5.74, 6) is 3.41. The Hall–Kier alpha value is -3.00. The first-order valence-electron chi connectivity index (χ1n) is 11.9. The topological polar surface area (TPSA) is 173 Å². The van der Waals surface area contributed by atoms with E-state index in [0.717, 1.165) is 31.9 Å². The molecule has 0 saturated carbocycles. The number of nitrogens with zero attached hydrogens (tertiary/aromatic N) is 6. The van der Waals surface area contributed by atoms with Gasteiger partial charge in [0.2, 0.25) is 0 Å². The predicted molar refractivity (Wildman–Crippen MR) is 139 cm³/mol. The van der Waals surface area contributed by atoms with Gasteiger partial charge in [0, 0.05) is 44.8 Å². The van der Waals surface area contributed by atoms with Crippen molar-refractivity contribution in [2.45, 2.75) is 38.3 Å². The lowest BCUT2D eigenvalue weighted by atomic mass is 9.97. The number of piperidine rings is 1. The number of nitrogen functional groups attached to an aromatic ring is 3. The molecule has 0 bridgehead atoms. The van der Waals surface area contributed by atoms with Crippen LogP contribution in [-0.4, -0.2) is 81.4 Å². The normalized spacial score (nSPS) is 19.2. The molecule has 2 aliphatic heterocycles. The van der Waals surface area contributed by atoms with Crippen LogP contribution >= 0.6 is 23.2 Å². The second-order valence-electron chi connectivity index (χ2n) is 9.01. The lowest BCUT2D eigenvalue weighted by molar-refractivity contribution is 0.0490. The fourth-order valence-electron chi connectivity index (χ4n) is 4.96. The fourth-order valence-corrected chi connectivity index (χ4v) is 5.43. The second kappa shape index (κ2) is 11.2. The minimum atomic E-state index is -0.768. The highest BCUT2D eigenvalue weighted by Crippen LogP contribution is 2.30. The number of anilines is 3. The second-order valence-corrected chi connectivity index (χ2v) is 9.72. The third-order valence-corrected chi connectivity index (χ3v) is 7.46. The molecular formula is C22H29Cl2FN10O2. The zero-order valence-corrected chi connectivity index (χ0v) is 21.8. The number of nitrogens with two attached hydrogens (primary N) is 3. The number of halogens is 3. The van der Waals surface area contributed by atoms with Crippen LogP contribution in [0.2, 0.25) is 10.3 Å². The molecule has 2 saturated heterocycles. The smallest absolute Gasteiger partial charge is 0.287 e. The van der Waals surface area contributed by atoms with E-state index < -0.39 is 11.7 Å². The summed E-state index contributed by atoms with van der Waals surface area (Å²) in [5.41, 5.74) is 13.2. The van der Waals surface area contributed by atoms with Crippen LogP contribution in [-0.2, 0) is 0 Å². The molecule has 0 aromatic carbocycles. The van der Waals surface area contributed by atoms with Crippen LogP contribution in [0, 0.1) is 5.82 Å². The molecule has 1 atom stereocenters. The summed E-state index contributed by atoms with van der Waals surface area (Å²) in [7, 11) is 0. The third kappa shape index (κ3) is 5.49. The number of pyridine rings is 1. The van der Waals surface area contributed by atoms with E-state index in [0.29, 0.717) is 32.0 Å². The molecule has 0 unspecified atom stereocenters. The largest absolute Gasteiger partial charge is 0.382 e. The monoisotopic (exact) mass is 554 g/mol. The summed E-state index contributed by atoms with van der Waals surface area (Å²) in [6.45, 7) is 5.18. The van der Waals surface area contributed by atoms with Crippen LogP contribution in [0.25, 0.3) is 0 Å². The van der Waals surface area contributed by atoms with E-state index in [1.807, 2.05) is 10.3 Å². The third-order valence-electron chi connectivity index (χ3n) is 6.92. The lowest BCUT2D eigenvalue weighted by Gasteiger charge is -2.47. The van der Waals surface area contributed by atoms with Crippen molar-refractivity contribution in [3.8, 4) is 0 Å². The summed E-state index contributed by atoms with van der Waals surface area (Å²) in [6, 6.07) is 1.52. The zero-order chi connectivity index (χ0) is 26.9. The maximum atomic E-state index is 13.9. The number of nitrogens with one attached hydrogen (secondary N) is 1. The first-order valence-corrected chi connectivity index (χ1v) is 12.7. The summed E-state index contributed by atoms with van der Waals surface area (Å²) in [5, 5.41) is -0.0255. The highest BCUT2D eigenvalue weighted by Gasteiger charge is 2.35. The number of piperazine rings is 1. The van der Waals surface area contributed by atoms with Crippen LogP contribution in [0.3, 0.4) is 0 Å². The van der Waals surface area contributed by atoms with Crippen molar-refractivity contribution in [3.63, 3.8) is 0 Å².